The van der Waals surface area contributed by atoms with Gasteiger partial charge in [0.25, 0.3) is 0 Å². The summed E-state index contributed by atoms with van der Waals surface area (Å²) in [7, 11) is 1.84. The van der Waals surface area contributed by atoms with E-state index in [1.165, 1.54) is 4.68 Å². The van der Waals surface area contributed by atoms with Gasteiger partial charge in [0.15, 0.2) is 11.7 Å². The second-order valence-electron chi connectivity index (χ2n) is 22.6. The van der Waals surface area contributed by atoms with E-state index in [4.69, 9.17) is 31.4 Å². The van der Waals surface area contributed by atoms with Crippen LogP contribution >= 0.6 is 11.8 Å². The number of para-hydroxylation sites is 1. The van der Waals surface area contributed by atoms with Gasteiger partial charge in [0.05, 0.1) is 63.5 Å². The largest absolute Gasteiger partial charge is 0.394 e. The van der Waals surface area contributed by atoms with Crippen LogP contribution in [0.1, 0.15) is 81.0 Å². The average molecular weight is 1270 g/mol. The van der Waals surface area contributed by atoms with Crippen molar-refractivity contribution in [1.82, 2.24) is 62.1 Å². The third-order valence-electron chi connectivity index (χ3n) is 15.7. The van der Waals surface area contributed by atoms with E-state index in [1.54, 1.807) is 36.5 Å². The lowest BCUT2D eigenvalue weighted by molar-refractivity contribution is -0.136. The molecule has 9 atom stereocenters. The molecule has 1 unspecified atom stereocenters. The molecule has 2 aromatic heterocycles. The summed E-state index contributed by atoms with van der Waals surface area (Å²) in [5, 5.41) is 42.4. The molecule has 490 valence electrons. The summed E-state index contributed by atoms with van der Waals surface area (Å²) in [6.45, 7) is 0.193. The van der Waals surface area contributed by atoms with E-state index < -0.39 is 97.0 Å². The number of ketones is 1. The van der Waals surface area contributed by atoms with Crippen molar-refractivity contribution in [2.24, 2.45) is 35.2 Å². The number of aliphatic hydroxyl groups is 1. The summed E-state index contributed by atoms with van der Waals surface area (Å²) < 4.78 is 20.2. The van der Waals surface area contributed by atoms with Gasteiger partial charge in [-0.2, -0.15) is 11.8 Å². The Bertz CT molecular complexity index is 3090. The third kappa shape index (κ3) is 22.1. The topological polar surface area (TPSA) is 424 Å². The summed E-state index contributed by atoms with van der Waals surface area (Å²) in [5.41, 5.74) is 19.5. The summed E-state index contributed by atoms with van der Waals surface area (Å²) in [6.07, 6.45) is 6.62. The first-order valence-electron chi connectivity index (χ1n) is 30.6. The van der Waals surface area contributed by atoms with Crippen molar-refractivity contribution >= 4 is 81.8 Å². The molecule has 30 heteroatoms. The highest BCUT2D eigenvalue weighted by molar-refractivity contribution is 8.00. The number of hydrogen-bond acceptors (Lipinski definition) is 17. The summed E-state index contributed by atoms with van der Waals surface area (Å²) in [6, 6.07) is 9.79. The van der Waals surface area contributed by atoms with Crippen LogP contribution in [-0.2, 0) is 85.4 Å². The minimum absolute atomic E-state index is 0.00604. The number of Topliss-reactive ketones (excluding diaryl/α,β-unsaturated/α-hetero) is 1. The minimum Gasteiger partial charge on any atom is -0.394 e. The number of aliphatic hydroxyl groups excluding tert-OH is 1. The number of carbonyl (C=O) groups excluding carboxylic acids is 9. The number of ether oxygens (including phenoxy) is 3. The van der Waals surface area contributed by atoms with Gasteiger partial charge in [-0.25, -0.2) is 4.79 Å². The lowest BCUT2D eigenvalue weighted by atomic mass is 9.89. The molecule has 29 nitrogen and oxygen atoms in total. The normalized spacial score (nSPS) is 23.0. The van der Waals surface area contributed by atoms with E-state index >= 15 is 0 Å². The van der Waals surface area contributed by atoms with E-state index in [2.05, 4.69) is 57.8 Å². The molecule has 90 heavy (non-hydrogen) atoms. The number of unbranched alkanes of at least 4 members (excludes halogenated alkanes) is 1. The van der Waals surface area contributed by atoms with Gasteiger partial charge in [-0.05, 0) is 75.0 Å². The fraction of sp³-hybridized carbons (Fsp3) is 0.567. The van der Waals surface area contributed by atoms with Gasteiger partial charge in [0, 0.05) is 86.2 Å². The van der Waals surface area contributed by atoms with Crippen LogP contribution in [0.5, 0.6) is 0 Å². The van der Waals surface area contributed by atoms with Gasteiger partial charge in [-0.15, -0.1) is 5.10 Å². The van der Waals surface area contributed by atoms with Gasteiger partial charge in [0.2, 0.25) is 41.4 Å². The Hall–Kier alpha value is -8.19. The Labute approximate surface area is 526 Å². The summed E-state index contributed by atoms with van der Waals surface area (Å²) in [4.78, 5) is 127. The molecule has 0 spiro atoms. The molecule has 7 rings (SSSR count). The zero-order chi connectivity index (χ0) is 64.4. The molecule has 3 aliphatic heterocycles. The van der Waals surface area contributed by atoms with Crippen molar-refractivity contribution in [3.63, 3.8) is 0 Å². The third-order valence-corrected chi connectivity index (χ3v) is 17.2. The van der Waals surface area contributed by atoms with Crippen LogP contribution < -0.4 is 59.7 Å². The maximum atomic E-state index is 14.9. The molecular formula is C60H86N16O13S. The molecule has 5 heterocycles. The number of fused-ring (bicyclic) bond motifs is 4. The van der Waals surface area contributed by atoms with E-state index in [-0.39, 0.29) is 120 Å². The molecule has 0 radical (unpaired) electrons. The Kier molecular flexibility index (Phi) is 27.6. The number of guanidine groups is 1. The molecule has 9 amide bonds. The maximum absolute atomic E-state index is 14.9. The zero-order valence-corrected chi connectivity index (χ0v) is 51.6. The second kappa shape index (κ2) is 35.9. The van der Waals surface area contributed by atoms with Crippen molar-refractivity contribution in [3.05, 3.63) is 83.8 Å². The number of hydrogen-bond donors (Lipinski definition) is 12. The highest BCUT2D eigenvalue weighted by Crippen LogP contribution is 2.33. The van der Waals surface area contributed by atoms with Crippen LogP contribution in [0.4, 0.5) is 4.79 Å². The first kappa shape index (κ1) is 69.3. The van der Waals surface area contributed by atoms with Crippen molar-refractivity contribution in [2.75, 3.05) is 65.1 Å². The summed E-state index contributed by atoms with van der Waals surface area (Å²) in [5.74, 6) is -5.86. The standard InChI is InChI=1S/C60H86N16O13S/c1-75-32-39(41-14-5-6-17-48(41)75)29-38-30-49(78)44(28-37-12-3-2-4-13-37)69-56(83)43(16-11-20-65-59(62)63)68-57(84)45(31-40-33-76(74-73-40)22-10-9-15-42(54(61)81)67-58(85)46(34-77)70-55(38)82)66-52(80)35-89-27-26-88-25-24-87-23-21-64-51(79)19-8-7-18-50-53-47(36-90-50)71-60(86)72-53/h2-6,12-14,17,32-33,38,42-47,50,53,77H,7-11,15-16,18-31,34-36H2,1H3,(H2,61,81)(H,64,79)(H,66,80)(H,67,85)(H,68,84)(H,69,83)(H,70,82)(H4,62,63,65)(H2,71,72,86)/t38-,42+,43-,44-,45+,46-,47+,50?,53+/m1/s1. The fourth-order valence-corrected chi connectivity index (χ4v) is 12.5. The Morgan fingerprint density at radius 2 is 1.47 bits per heavy atom. The highest BCUT2D eigenvalue weighted by Gasteiger charge is 2.43. The van der Waals surface area contributed by atoms with Crippen LogP contribution in [0, 0.1) is 5.92 Å². The lowest BCUT2D eigenvalue weighted by Crippen LogP contribution is -2.57. The highest BCUT2D eigenvalue weighted by atomic mass is 32.2. The zero-order valence-electron chi connectivity index (χ0n) is 50.7. The number of nitrogens with one attached hydrogen (secondary N) is 8. The molecule has 2 fully saturated rings. The predicted molar refractivity (Wildman–Crippen MR) is 333 cm³/mol. The number of carbonyl (C=O) groups is 9. The Balaban J connectivity index is 1.000. The lowest BCUT2D eigenvalue weighted by Gasteiger charge is -2.27. The number of thioether (sulfide) groups is 1. The molecule has 0 aliphatic carbocycles. The van der Waals surface area contributed by atoms with Gasteiger partial charge in [-0.3, -0.25) is 48.0 Å². The van der Waals surface area contributed by atoms with Crippen LogP contribution in [0.25, 0.3) is 10.9 Å². The number of amides is 9. The second-order valence-corrected chi connectivity index (χ2v) is 23.9. The quantitative estimate of drug-likeness (QED) is 0.0138. The van der Waals surface area contributed by atoms with Crippen molar-refractivity contribution in [1.29, 1.82) is 0 Å². The fourth-order valence-electron chi connectivity index (χ4n) is 11.0. The number of nitrogens with two attached hydrogens (primary N) is 3. The first-order chi connectivity index (χ1) is 43.4. The van der Waals surface area contributed by atoms with Crippen molar-refractivity contribution in [3.8, 4) is 0 Å². The summed E-state index contributed by atoms with van der Waals surface area (Å²) >= 11 is 1.85. The van der Waals surface area contributed by atoms with E-state index in [1.807, 2.05) is 53.8 Å². The first-order valence-corrected chi connectivity index (χ1v) is 31.6. The number of aromatic nitrogens is 4. The molecule has 2 aromatic carbocycles. The van der Waals surface area contributed by atoms with Gasteiger partial charge in [-0.1, -0.05) is 60.2 Å². The monoisotopic (exact) mass is 1270 g/mol. The number of aliphatic imine (C=N–C) groups is 1. The SMILES string of the molecule is Cn1cc(C[C@@H]2CC(=O)[C@@H](Cc3ccccc3)NC(=O)[C@@H](CCCN=C(N)N)NC(=O)[C@@H](NC(=O)COCCOCCOCCNC(=O)CCCCC3SC[C@@H]4NC(=O)N[C@H]34)Cc3cn(nn3)CCCC[C@@H](C(N)=O)NC(=O)[C@@H](CO)NC2=O)c2ccccc21. The number of benzene rings is 2. The maximum Gasteiger partial charge on any atom is 0.315 e. The van der Waals surface area contributed by atoms with Crippen LogP contribution in [0.2, 0.25) is 0 Å². The average Bonchev–Trinajstić information content (AvgIpc) is 1.77. The minimum atomic E-state index is -1.55. The van der Waals surface area contributed by atoms with Gasteiger partial charge in [0.1, 0.15) is 30.8 Å². The van der Waals surface area contributed by atoms with Crippen LogP contribution in [0.15, 0.2) is 72.0 Å². The molecule has 2 bridgehead atoms. The molecule has 4 aromatic rings. The van der Waals surface area contributed by atoms with Crippen LogP contribution in [-0.4, -0.2) is 196 Å². The van der Waals surface area contributed by atoms with Crippen LogP contribution in [0.3, 0.4) is 0 Å². The van der Waals surface area contributed by atoms with Crippen molar-refractivity contribution < 1.29 is 62.5 Å². The molecule has 3 aliphatic rings. The van der Waals surface area contributed by atoms with Gasteiger partial charge < -0.3 is 83.6 Å². The predicted octanol–water partition coefficient (Wildman–Crippen LogP) is -1.60. The smallest absolute Gasteiger partial charge is 0.315 e. The number of primary amides is 1. The van der Waals surface area contributed by atoms with E-state index in [0.717, 1.165) is 35.9 Å². The number of urea groups is 1. The Morgan fingerprint density at radius 1 is 0.744 bits per heavy atom. The number of rotatable bonds is 27. The molecule has 2 saturated heterocycles. The van der Waals surface area contributed by atoms with Crippen molar-refractivity contribution in [2.45, 2.75) is 138 Å². The Morgan fingerprint density at radius 3 is 2.23 bits per heavy atom. The number of aryl methyl sites for hydroxylation is 2. The van der Waals surface area contributed by atoms with E-state index in [0.29, 0.717) is 42.2 Å². The molecule has 15 N–H and O–H groups in total. The van der Waals surface area contributed by atoms with Gasteiger partial charge >= 0.3 is 6.03 Å². The van der Waals surface area contributed by atoms with E-state index in [9.17, 15) is 48.3 Å². The molecule has 0 saturated carbocycles. The number of nitrogens with zero attached hydrogens (tertiary/aromatic N) is 5. The molecular weight excluding hydrogens is 1180 g/mol.